The second-order valence-electron chi connectivity index (χ2n) is 6.82. The Morgan fingerprint density at radius 2 is 1.96 bits per heavy atom. The number of esters is 1. The van der Waals surface area contributed by atoms with Crippen molar-refractivity contribution in [2.45, 2.75) is 18.9 Å². The van der Waals surface area contributed by atoms with Crippen molar-refractivity contribution < 1.29 is 22.7 Å². The van der Waals surface area contributed by atoms with E-state index in [1.807, 2.05) is 0 Å². The number of benzene rings is 1. The highest BCUT2D eigenvalue weighted by molar-refractivity contribution is 7.91. The Balaban J connectivity index is 1.64. The fraction of sp³-hybridized carbons (Fsp3) is 0.444. The minimum atomic E-state index is -3.11. The van der Waals surface area contributed by atoms with Crippen molar-refractivity contribution in [3.63, 3.8) is 0 Å². The molecule has 2 heterocycles. The number of hydrogen-bond acceptors (Lipinski definition) is 7. The fourth-order valence-electron chi connectivity index (χ4n) is 3.22. The lowest BCUT2D eigenvalue weighted by atomic mass is 10.1. The minimum Gasteiger partial charge on any atom is -0.455 e. The van der Waals surface area contributed by atoms with Crippen LogP contribution in [0.25, 0.3) is 10.8 Å². The van der Waals surface area contributed by atoms with Gasteiger partial charge in [0.1, 0.15) is 0 Å². The molecule has 0 unspecified atom stereocenters. The van der Waals surface area contributed by atoms with Gasteiger partial charge in [0.25, 0.3) is 11.5 Å². The van der Waals surface area contributed by atoms with Crippen molar-refractivity contribution in [2.24, 2.45) is 7.05 Å². The highest BCUT2D eigenvalue weighted by atomic mass is 32.2. The van der Waals surface area contributed by atoms with Crippen LogP contribution in [0.15, 0.2) is 29.1 Å². The standard InChI is InChI=1S/C18H21N3O6S/c1-20(12-7-8-28(25,26)11-12)16(22)10-27-17(23)9-15-13-5-3-4-6-14(13)18(24)21(2)19-15/h3-6,12H,7-11H2,1-2H3/t12-/m0/s1. The van der Waals surface area contributed by atoms with Gasteiger partial charge in [0.05, 0.1) is 29.0 Å². The molecule has 0 N–H and O–H groups in total. The van der Waals surface area contributed by atoms with E-state index in [0.29, 0.717) is 22.9 Å². The highest BCUT2D eigenvalue weighted by Gasteiger charge is 2.32. The van der Waals surface area contributed by atoms with Gasteiger partial charge in [-0.1, -0.05) is 18.2 Å². The zero-order valence-corrected chi connectivity index (χ0v) is 16.4. The van der Waals surface area contributed by atoms with Gasteiger partial charge < -0.3 is 9.64 Å². The van der Waals surface area contributed by atoms with Crippen LogP contribution in [0.5, 0.6) is 0 Å². The molecule has 0 spiro atoms. The van der Waals surface area contributed by atoms with Gasteiger partial charge in [-0.2, -0.15) is 5.10 Å². The number of aromatic nitrogens is 2. The third-order valence-electron chi connectivity index (χ3n) is 4.85. The maximum Gasteiger partial charge on any atom is 0.312 e. The quantitative estimate of drug-likeness (QED) is 0.623. The molecule has 1 aliphatic heterocycles. The molecule has 3 rings (SSSR count). The SMILES string of the molecule is CN(C(=O)COC(=O)Cc1nn(C)c(=O)c2ccccc12)[C@H]1CCS(=O)(=O)C1. The van der Waals surface area contributed by atoms with Gasteiger partial charge in [0, 0.05) is 25.5 Å². The summed E-state index contributed by atoms with van der Waals surface area (Å²) >= 11 is 0. The van der Waals surface area contributed by atoms with Gasteiger partial charge in [-0.3, -0.25) is 14.4 Å². The van der Waals surface area contributed by atoms with E-state index in [4.69, 9.17) is 4.74 Å². The van der Waals surface area contributed by atoms with E-state index in [9.17, 15) is 22.8 Å². The summed E-state index contributed by atoms with van der Waals surface area (Å²) in [6.07, 6.45) is 0.190. The van der Waals surface area contributed by atoms with Crippen molar-refractivity contribution >= 4 is 32.5 Å². The number of likely N-dealkylation sites (N-methyl/N-ethyl adjacent to an activating group) is 1. The molecule has 1 aliphatic rings. The first-order chi connectivity index (χ1) is 13.2. The summed E-state index contributed by atoms with van der Waals surface area (Å²) in [5, 5.41) is 5.13. The van der Waals surface area contributed by atoms with Gasteiger partial charge in [-0.15, -0.1) is 0 Å². The number of hydrogen-bond donors (Lipinski definition) is 0. The molecule has 0 aliphatic carbocycles. The van der Waals surface area contributed by atoms with Gasteiger partial charge >= 0.3 is 5.97 Å². The molecule has 10 heteroatoms. The van der Waals surface area contributed by atoms with Gasteiger partial charge in [-0.05, 0) is 12.5 Å². The lowest BCUT2D eigenvalue weighted by molar-refractivity contribution is -0.151. The number of carbonyl (C=O) groups excluding carboxylic acids is 2. The normalized spacial score (nSPS) is 18.1. The molecule has 1 fully saturated rings. The third kappa shape index (κ3) is 4.22. The fourth-order valence-corrected chi connectivity index (χ4v) is 5.00. The number of fused-ring (bicyclic) bond motifs is 1. The van der Waals surface area contributed by atoms with Gasteiger partial charge in [-0.25, -0.2) is 13.1 Å². The monoisotopic (exact) mass is 407 g/mol. The maximum absolute atomic E-state index is 12.2. The molecule has 28 heavy (non-hydrogen) atoms. The topological polar surface area (TPSA) is 116 Å². The van der Waals surface area contributed by atoms with Crippen LogP contribution in [0, 0.1) is 0 Å². The first-order valence-corrected chi connectivity index (χ1v) is 10.6. The molecule has 1 saturated heterocycles. The smallest absolute Gasteiger partial charge is 0.312 e. The Labute approximate surface area is 161 Å². The Kier molecular flexibility index (Phi) is 5.50. The Bertz CT molecular complexity index is 1090. The molecule has 1 atom stereocenters. The van der Waals surface area contributed by atoms with Crippen LogP contribution in [0.2, 0.25) is 0 Å². The molecule has 0 bridgehead atoms. The van der Waals surface area contributed by atoms with Crippen LogP contribution < -0.4 is 5.56 Å². The van der Waals surface area contributed by atoms with Crippen molar-refractivity contribution in [1.29, 1.82) is 0 Å². The summed E-state index contributed by atoms with van der Waals surface area (Å²) in [5.74, 6) is -1.14. The maximum atomic E-state index is 12.2. The molecule has 150 valence electrons. The van der Waals surface area contributed by atoms with E-state index < -0.39 is 34.4 Å². The zero-order valence-electron chi connectivity index (χ0n) is 15.6. The number of nitrogens with zero attached hydrogens (tertiary/aromatic N) is 3. The van der Waals surface area contributed by atoms with E-state index in [1.54, 1.807) is 24.3 Å². The molecule has 2 aromatic rings. The second-order valence-corrected chi connectivity index (χ2v) is 9.05. The Morgan fingerprint density at radius 1 is 1.29 bits per heavy atom. The molecule has 0 saturated carbocycles. The van der Waals surface area contributed by atoms with Crippen LogP contribution in [-0.4, -0.2) is 66.2 Å². The molecule has 0 radical (unpaired) electrons. The van der Waals surface area contributed by atoms with E-state index in [1.165, 1.54) is 19.0 Å². The van der Waals surface area contributed by atoms with Crippen molar-refractivity contribution in [1.82, 2.24) is 14.7 Å². The Morgan fingerprint density at radius 3 is 2.61 bits per heavy atom. The summed E-state index contributed by atoms with van der Waals surface area (Å²) in [6.45, 7) is -0.477. The number of amides is 1. The van der Waals surface area contributed by atoms with Crippen LogP contribution in [0.3, 0.4) is 0 Å². The van der Waals surface area contributed by atoms with Crippen LogP contribution in [-0.2, 0) is 37.6 Å². The third-order valence-corrected chi connectivity index (χ3v) is 6.60. The zero-order chi connectivity index (χ0) is 20.5. The summed E-state index contributed by atoms with van der Waals surface area (Å²) in [7, 11) is -0.111. The average Bonchev–Trinajstić information content (AvgIpc) is 3.03. The van der Waals surface area contributed by atoms with Gasteiger partial charge in [0.15, 0.2) is 16.4 Å². The second kappa shape index (κ2) is 7.70. The predicted molar refractivity (Wildman–Crippen MR) is 101 cm³/mol. The number of sulfone groups is 1. The van der Waals surface area contributed by atoms with E-state index in [2.05, 4.69) is 5.10 Å². The summed E-state index contributed by atoms with van der Waals surface area (Å²) in [5.41, 5.74) is 0.112. The van der Waals surface area contributed by atoms with E-state index >= 15 is 0 Å². The number of carbonyl (C=O) groups is 2. The van der Waals surface area contributed by atoms with E-state index in [-0.39, 0.29) is 23.5 Å². The summed E-state index contributed by atoms with van der Waals surface area (Å²) in [6, 6.07) is 6.43. The van der Waals surface area contributed by atoms with E-state index in [0.717, 1.165) is 4.68 Å². The van der Waals surface area contributed by atoms with Crippen LogP contribution in [0.4, 0.5) is 0 Å². The lowest BCUT2D eigenvalue weighted by Crippen LogP contribution is -2.40. The average molecular weight is 407 g/mol. The molecular weight excluding hydrogens is 386 g/mol. The first kappa shape index (κ1) is 20.0. The number of aryl methyl sites for hydroxylation is 1. The predicted octanol–water partition coefficient (Wildman–Crippen LogP) is -0.335. The van der Waals surface area contributed by atoms with Crippen molar-refractivity contribution in [3.05, 3.63) is 40.3 Å². The molecule has 9 nitrogen and oxygen atoms in total. The minimum absolute atomic E-state index is 0.0561. The van der Waals surface area contributed by atoms with Crippen LogP contribution in [0.1, 0.15) is 12.1 Å². The molecule has 1 aromatic carbocycles. The number of ether oxygens (including phenoxy) is 1. The highest BCUT2D eigenvalue weighted by Crippen LogP contribution is 2.17. The summed E-state index contributed by atoms with van der Waals surface area (Å²) < 4.78 is 29.3. The van der Waals surface area contributed by atoms with Gasteiger partial charge in [0.2, 0.25) is 0 Å². The molecule has 1 amide bonds. The molecular formula is C18H21N3O6S. The van der Waals surface area contributed by atoms with Crippen molar-refractivity contribution in [2.75, 3.05) is 25.2 Å². The largest absolute Gasteiger partial charge is 0.455 e. The van der Waals surface area contributed by atoms with Crippen molar-refractivity contribution in [3.8, 4) is 0 Å². The summed E-state index contributed by atoms with van der Waals surface area (Å²) in [4.78, 5) is 37.8. The van der Waals surface area contributed by atoms with Crippen LogP contribution >= 0.6 is 0 Å². The molecule has 1 aromatic heterocycles. The lowest BCUT2D eigenvalue weighted by Gasteiger charge is -2.23. The Hall–Kier alpha value is -2.75. The number of rotatable bonds is 5. The first-order valence-electron chi connectivity index (χ1n) is 8.74.